The minimum Gasteiger partial charge on any atom is -0.369 e. The molecule has 3 rings (SSSR count). The van der Waals surface area contributed by atoms with Gasteiger partial charge in [0, 0.05) is 42.9 Å². The van der Waals surface area contributed by atoms with Gasteiger partial charge in [0.2, 0.25) is 5.91 Å². The normalized spacial score (nSPS) is 14.8. The van der Waals surface area contributed by atoms with E-state index in [-0.39, 0.29) is 30.6 Å². The highest BCUT2D eigenvalue weighted by Crippen LogP contribution is 2.16. The van der Waals surface area contributed by atoms with Gasteiger partial charge in [0.25, 0.3) is 5.91 Å². The molecular formula is C18H22FN5O2S. The minimum atomic E-state index is -0.293. The zero-order valence-corrected chi connectivity index (χ0v) is 15.9. The summed E-state index contributed by atoms with van der Waals surface area (Å²) in [5, 5.41) is 2.60. The van der Waals surface area contributed by atoms with Crippen molar-refractivity contribution in [3.05, 3.63) is 46.2 Å². The Bertz CT molecular complexity index is 787. The summed E-state index contributed by atoms with van der Waals surface area (Å²) in [6.45, 7) is 5.04. The number of piperazine rings is 1. The number of halogens is 1. The molecule has 0 radical (unpaired) electrons. The van der Waals surface area contributed by atoms with Crippen LogP contribution in [0.4, 0.5) is 10.1 Å². The summed E-state index contributed by atoms with van der Waals surface area (Å²) in [5.41, 5.74) is 6.73. The van der Waals surface area contributed by atoms with Gasteiger partial charge in [-0.3, -0.25) is 25.3 Å². The number of hydrazine groups is 1. The van der Waals surface area contributed by atoms with Crippen molar-refractivity contribution in [3.8, 4) is 0 Å². The number of hydrogen-bond acceptors (Lipinski definition) is 6. The van der Waals surface area contributed by atoms with E-state index in [1.165, 1.54) is 23.5 Å². The molecule has 0 spiro atoms. The fourth-order valence-corrected chi connectivity index (χ4v) is 3.63. The number of carbonyl (C=O) groups is 2. The van der Waals surface area contributed by atoms with Crippen LogP contribution in [0.2, 0.25) is 0 Å². The predicted octanol–water partition coefficient (Wildman–Crippen LogP) is 1.10. The highest BCUT2D eigenvalue weighted by atomic mass is 32.1. The van der Waals surface area contributed by atoms with Gasteiger partial charge in [0.1, 0.15) is 10.8 Å². The van der Waals surface area contributed by atoms with Crippen molar-refractivity contribution >= 4 is 28.8 Å². The van der Waals surface area contributed by atoms with E-state index in [1.54, 1.807) is 12.1 Å². The fourth-order valence-electron chi connectivity index (χ4n) is 2.86. The number of nitrogens with one attached hydrogen (secondary N) is 2. The molecule has 1 fully saturated rings. The van der Waals surface area contributed by atoms with Crippen LogP contribution in [0, 0.1) is 12.7 Å². The second kappa shape index (κ2) is 8.92. The lowest BCUT2D eigenvalue weighted by molar-refractivity contribution is -0.129. The van der Waals surface area contributed by atoms with E-state index in [4.69, 9.17) is 0 Å². The van der Waals surface area contributed by atoms with Crippen molar-refractivity contribution in [1.82, 2.24) is 20.7 Å². The number of hydrogen-bond donors (Lipinski definition) is 2. The van der Waals surface area contributed by atoms with Crippen LogP contribution < -0.4 is 15.8 Å². The van der Waals surface area contributed by atoms with Crippen LogP contribution >= 0.6 is 11.3 Å². The number of amides is 2. The van der Waals surface area contributed by atoms with E-state index in [0.29, 0.717) is 0 Å². The Labute approximate surface area is 161 Å². The first-order valence-corrected chi connectivity index (χ1v) is 9.59. The molecule has 1 saturated heterocycles. The van der Waals surface area contributed by atoms with E-state index >= 15 is 0 Å². The summed E-state index contributed by atoms with van der Waals surface area (Å²) in [7, 11) is 0. The Morgan fingerprint density at radius 1 is 1.11 bits per heavy atom. The van der Waals surface area contributed by atoms with Crippen LogP contribution in [0.25, 0.3) is 0 Å². The highest BCUT2D eigenvalue weighted by Gasteiger charge is 2.19. The lowest BCUT2D eigenvalue weighted by Crippen LogP contribution is -2.52. The van der Waals surface area contributed by atoms with Crippen molar-refractivity contribution in [3.63, 3.8) is 0 Å². The highest BCUT2D eigenvalue weighted by molar-refractivity contribution is 7.09. The molecule has 0 saturated carbocycles. The van der Waals surface area contributed by atoms with Gasteiger partial charge in [-0.1, -0.05) is 0 Å². The molecule has 0 atom stereocenters. The number of aryl methyl sites for hydroxylation is 1. The van der Waals surface area contributed by atoms with Crippen LogP contribution in [0.5, 0.6) is 0 Å². The van der Waals surface area contributed by atoms with Gasteiger partial charge in [0.05, 0.1) is 13.0 Å². The number of carbonyl (C=O) groups excluding carboxylic acids is 2. The molecule has 2 N–H and O–H groups in total. The van der Waals surface area contributed by atoms with Crippen molar-refractivity contribution in [1.29, 1.82) is 0 Å². The molecule has 7 nitrogen and oxygen atoms in total. The molecule has 1 aromatic carbocycles. The summed E-state index contributed by atoms with van der Waals surface area (Å²) in [5.74, 6) is -0.797. The Kier molecular flexibility index (Phi) is 6.36. The second-order valence-corrected chi connectivity index (χ2v) is 7.34. The summed E-state index contributed by atoms with van der Waals surface area (Å²) < 4.78 is 13.0. The Balaban J connectivity index is 1.36. The third-order valence-electron chi connectivity index (χ3n) is 4.25. The number of nitrogens with zero attached hydrogens (tertiary/aromatic N) is 3. The van der Waals surface area contributed by atoms with Gasteiger partial charge < -0.3 is 4.90 Å². The molecule has 144 valence electrons. The summed E-state index contributed by atoms with van der Waals surface area (Å²) in [6, 6.07) is 6.42. The number of thiazole rings is 1. The maximum atomic E-state index is 13.0. The van der Waals surface area contributed by atoms with Crippen LogP contribution in [0.1, 0.15) is 10.7 Å². The molecule has 2 aromatic rings. The van der Waals surface area contributed by atoms with Crippen molar-refractivity contribution in [2.45, 2.75) is 13.3 Å². The molecule has 9 heteroatoms. The third-order valence-corrected chi connectivity index (χ3v) is 5.22. The lowest BCUT2D eigenvalue weighted by atomic mass is 10.2. The molecule has 0 aliphatic carbocycles. The second-order valence-electron chi connectivity index (χ2n) is 6.40. The molecule has 2 heterocycles. The average molecular weight is 391 g/mol. The smallest absolute Gasteiger partial charge is 0.252 e. The first-order valence-electron chi connectivity index (χ1n) is 8.71. The van der Waals surface area contributed by atoms with E-state index in [9.17, 15) is 14.0 Å². The van der Waals surface area contributed by atoms with Gasteiger partial charge in [-0.15, -0.1) is 11.3 Å². The maximum absolute atomic E-state index is 13.0. The average Bonchev–Trinajstić information content (AvgIpc) is 3.06. The van der Waals surface area contributed by atoms with Crippen LogP contribution in [0.3, 0.4) is 0 Å². The van der Waals surface area contributed by atoms with Gasteiger partial charge in [-0.05, 0) is 31.2 Å². The van der Waals surface area contributed by atoms with Gasteiger partial charge in [-0.25, -0.2) is 9.37 Å². The quantitative estimate of drug-likeness (QED) is 0.747. The third kappa shape index (κ3) is 5.73. The summed E-state index contributed by atoms with van der Waals surface area (Å²) >= 11 is 1.42. The Morgan fingerprint density at radius 3 is 2.41 bits per heavy atom. The van der Waals surface area contributed by atoms with Gasteiger partial charge >= 0.3 is 0 Å². The first-order chi connectivity index (χ1) is 13.0. The van der Waals surface area contributed by atoms with Crippen LogP contribution in [-0.2, 0) is 16.0 Å². The molecule has 2 amide bonds. The largest absolute Gasteiger partial charge is 0.369 e. The van der Waals surface area contributed by atoms with E-state index in [0.717, 1.165) is 42.6 Å². The SMILES string of the molecule is Cc1csc(CC(=O)NNC(=O)CN2CCN(c3ccc(F)cc3)CC2)n1. The predicted molar refractivity (Wildman–Crippen MR) is 102 cm³/mol. The molecule has 1 aliphatic rings. The molecule has 0 unspecified atom stereocenters. The van der Waals surface area contributed by atoms with Crippen LogP contribution in [-0.4, -0.2) is 54.4 Å². The van der Waals surface area contributed by atoms with Crippen molar-refractivity contribution in [2.24, 2.45) is 0 Å². The first kappa shape index (κ1) is 19.2. The number of rotatable bonds is 5. The van der Waals surface area contributed by atoms with E-state index in [2.05, 4.69) is 20.7 Å². The standard InChI is InChI=1S/C18H22FN5O2S/c1-13-12-27-18(20-13)10-16(25)21-22-17(26)11-23-6-8-24(9-7-23)15-4-2-14(19)3-5-15/h2-5,12H,6-11H2,1H3,(H,21,25)(H,22,26). The van der Waals surface area contributed by atoms with Crippen LogP contribution in [0.15, 0.2) is 29.6 Å². The fraction of sp³-hybridized carbons (Fsp3) is 0.389. The zero-order chi connectivity index (χ0) is 19.2. The monoisotopic (exact) mass is 391 g/mol. The Hall–Kier alpha value is -2.52. The number of aromatic nitrogens is 1. The van der Waals surface area contributed by atoms with E-state index < -0.39 is 0 Å². The Morgan fingerprint density at radius 2 is 1.78 bits per heavy atom. The van der Waals surface area contributed by atoms with Crippen molar-refractivity contribution in [2.75, 3.05) is 37.6 Å². The van der Waals surface area contributed by atoms with Gasteiger partial charge in [0.15, 0.2) is 0 Å². The molecular weight excluding hydrogens is 369 g/mol. The van der Waals surface area contributed by atoms with E-state index in [1.807, 2.05) is 17.2 Å². The van der Waals surface area contributed by atoms with Gasteiger partial charge in [-0.2, -0.15) is 0 Å². The topological polar surface area (TPSA) is 77.6 Å². The molecule has 0 bridgehead atoms. The zero-order valence-electron chi connectivity index (χ0n) is 15.1. The molecule has 1 aromatic heterocycles. The lowest BCUT2D eigenvalue weighted by Gasteiger charge is -2.35. The number of benzene rings is 1. The summed E-state index contributed by atoms with van der Waals surface area (Å²) in [4.78, 5) is 32.3. The molecule has 1 aliphatic heterocycles. The molecule has 27 heavy (non-hydrogen) atoms. The van der Waals surface area contributed by atoms with Crippen molar-refractivity contribution < 1.29 is 14.0 Å². The minimum absolute atomic E-state index is 0.148. The maximum Gasteiger partial charge on any atom is 0.252 e. The summed E-state index contributed by atoms with van der Waals surface area (Å²) in [6.07, 6.45) is 0.148. The number of anilines is 1.